The summed E-state index contributed by atoms with van der Waals surface area (Å²) in [6.45, 7) is 0. The van der Waals surface area contributed by atoms with Crippen molar-refractivity contribution in [1.82, 2.24) is 19.7 Å². The SMILES string of the molecule is Cn1c2ccccc2c2nnc(SCC(=O)c3ccc([N+](=O)[O-])cc3)nc21. The van der Waals surface area contributed by atoms with E-state index in [1.165, 1.54) is 36.0 Å². The number of para-hydroxylation sites is 1. The molecule has 0 unspecified atom stereocenters. The van der Waals surface area contributed by atoms with Crippen molar-refractivity contribution >= 4 is 45.3 Å². The first kappa shape index (κ1) is 17.1. The molecule has 0 N–H and O–H groups in total. The summed E-state index contributed by atoms with van der Waals surface area (Å²) >= 11 is 1.19. The third-order valence-corrected chi connectivity index (χ3v) is 5.06. The van der Waals surface area contributed by atoms with Gasteiger partial charge in [-0.15, -0.1) is 10.2 Å². The zero-order chi connectivity index (χ0) is 19.0. The van der Waals surface area contributed by atoms with E-state index < -0.39 is 4.92 Å². The van der Waals surface area contributed by atoms with E-state index in [9.17, 15) is 14.9 Å². The van der Waals surface area contributed by atoms with Crippen LogP contribution in [0.4, 0.5) is 5.69 Å². The Hall–Kier alpha value is -3.33. The van der Waals surface area contributed by atoms with Gasteiger partial charge in [0.15, 0.2) is 11.4 Å². The highest BCUT2D eigenvalue weighted by atomic mass is 32.2. The molecule has 0 radical (unpaired) electrons. The molecule has 2 heterocycles. The lowest BCUT2D eigenvalue weighted by molar-refractivity contribution is -0.384. The van der Waals surface area contributed by atoms with Crippen molar-refractivity contribution in [2.24, 2.45) is 7.05 Å². The zero-order valence-electron chi connectivity index (χ0n) is 14.2. The van der Waals surface area contributed by atoms with Gasteiger partial charge in [-0.05, 0) is 18.2 Å². The molecule has 0 aliphatic carbocycles. The minimum Gasteiger partial charge on any atom is -0.327 e. The Morgan fingerprint density at radius 1 is 1.15 bits per heavy atom. The number of nitro groups is 1. The Kier molecular flexibility index (Phi) is 4.28. The number of rotatable bonds is 5. The standard InChI is InChI=1S/C18H13N5O3S/c1-22-14-5-3-2-4-13(14)16-17(22)19-18(21-20-16)27-10-15(24)11-6-8-12(9-7-11)23(25)26/h2-9H,10H2,1H3. The van der Waals surface area contributed by atoms with E-state index in [1.54, 1.807) is 0 Å². The molecule has 27 heavy (non-hydrogen) atoms. The summed E-state index contributed by atoms with van der Waals surface area (Å²) in [6, 6.07) is 13.4. The van der Waals surface area contributed by atoms with Crippen molar-refractivity contribution < 1.29 is 9.72 Å². The van der Waals surface area contributed by atoms with Crippen molar-refractivity contribution in [3.8, 4) is 0 Å². The number of Topliss-reactive ketones (excluding diaryl/α,β-unsaturated/α-hetero) is 1. The summed E-state index contributed by atoms with van der Waals surface area (Å²) in [7, 11) is 1.91. The fourth-order valence-corrected chi connectivity index (χ4v) is 3.51. The number of hydrogen-bond acceptors (Lipinski definition) is 7. The summed E-state index contributed by atoms with van der Waals surface area (Å²) < 4.78 is 1.95. The average Bonchev–Trinajstić information content (AvgIpc) is 2.98. The maximum atomic E-state index is 12.3. The first-order chi connectivity index (χ1) is 13.0. The quantitative estimate of drug-likeness (QED) is 0.226. The number of thioether (sulfide) groups is 1. The molecule has 0 amide bonds. The van der Waals surface area contributed by atoms with Gasteiger partial charge in [0.1, 0.15) is 5.52 Å². The first-order valence-corrected chi connectivity index (χ1v) is 9.01. The van der Waals surface area contributed by atoms with Crippen LogP contribution in [0.5, 0.6) is 0 Å². The molecule has 2 aromatic carbocycles. The summed E-state index contributed by atoms with van der Waals surface area (Å²) in [5.74, 6) is -0.0368. The van der Waals surface area contributed by atoms with Gasteiger partial charge in [-0.2, -0.15) is 0 Å². The molecular formula is C18H13N5O3S. The van der Waals surface area contributed by atoms with E-state index in [0.29, 0.717) is 16.4 Å². The maximum Gasteiger partial charge on any atom is 0.269 e. The second-order valence-corrected chi connectivity index (χ2v) is 6.80. The lowest BCUT2D eigenvalue weighted by Crippen LogP contribution is -2.04. The molecule has 0 aliphatic heterocycles. The lowest BCUT2D eigenvalue weighted by atomic mass is 10.1. The van der Waals surface area contributed by atoms with E-state index >= 15 is 0 Å². The van der Waals surface area contributed by atoms with E-state index in [4.69, 9.17) is 0 Å². The summed E-state index contributed by atoms with van der Waals surface area (Å²) in [6.07, 6.45) is 0. The molecule has 0 fully saturated rings. The van der Waals surface area contributed by atoms with E-state index in [0.717, 1.165) is 16.4 Å². The Balaban J connectivity index is 1.55. The van der Waals surface area contributed by atoms with Crippen LogP contribution >= 0.6 is 11.8 Å². The number of fused-ring (bicyclic) bond motifs is 3. The van der Waals surface area contributed by atoms with Crippen LogP contribution in [0.25, 0.3) is 22.1 Å². The average molecular weight is 379 g/mol. The van der Waals surface area contributed by atoms with Crippen molar-refractivity contribution in [3.05, 3.63) is 64.2 Å². The van der Waals surface area contributed by atoms with E-state index in [-0.39, 0.29) is 17.2 Å². The number of carbonyl (C=O) groups is 1. The normalized spacial score (nSPS) is 11.1. The van der Waals surface area contributed by atoms with Crippen molar-refractivity contribution in [1.29, 1.82) is 0 Å². The number of carbonyl (C=O) groups excluding carboxylic acids is 1. The monoisotopic (exact) mass is 379 g/mol. The predicted molar refractivity (Wildman–Crippen MR) is 102 cm³/mol. The Morgan fingerprint density at radius 3 is 2.63 bits per heavy atom. The second kappa shape index (κ2) is 6.76. The molecule has 0 atom stereocenters. The Labute approximate surface area is 157 Å². The van der Waals surface area contributed by atoms with Gasteiger partial charge in [0.05, 0.1) is 16.2 Å². The number of aryl methyl sites for hydroxylation is 1. The van der Waals surface area contributed by atoms with Crippen LogP contribution in [-0.4, -0.2) is 36.2 Å². The molecule has 0 saturated carbocycles. The maximum absolute atomic E-state index is 12.3. The molecule has 4 aromatic rings. The molecule has 0 saturated heterocycles. The number of nitro benzene ring substituents is 1. The molecule has 134 valence electrons. The first-order valence-electron chi connectivity index (χ1n) is 8.03. The molecule has 9 heteroatoms. The van der Waals surface area contributed by atoms with Gasteiger partial charge in [-0.3, -0.25) is 14.9 Å². The fraction of sp³-hybridized carbons (Fsp3) is 0.111. The van der Waals surface area contributed by atoms with Gasteiger partial charge in [-0.1, -0.05) is 30.0 Å². The van der Waals surface area contributed by atoms with E-state index in [2.05, 4.69) is 15.2 Å². The summed E-state index contributed by atoms with van der Waals surface area (Å²) in [5, 5.41) is 20.5. The van der Waals surface area contributed by atoms with Crippen molar-refractivity contribution in [3.63, 3.8) is 0 Å². The number of aromatic nitrogens is 4. The largest absolute Gasteiger partial charge is 0.327 e. The third kappa shape index (κ3) is 3.13. The van der Waals surface area contributed by atoms with Gasteiger partial charge >= 0.3 is 0 Å². The molecule has 0 spiro atoms. The Morgan fingerprint density at radius 2 is 1.89 bits per heavy atom. The molecular weight excluding hydrogens is 366 g/mol. The van der Waals surface area contributed by atoms with Gasteiger partial charge in [0, 0.05) is 30.1 Å². The Bertz CT molecular complexity index is 1190. The van der Waals surface area contributed by atoms with Crippen LogP contribution in [-0.2, 0) is 7.05 Å². The summed E-state index contributed by atoms with van der Waals surface area (Å²) in [4.78, 5) is 27.0. The zero-order valence-corrected chi connectivity index (χ0v) is 15.0. The minimum atomic E-state index is -0.498. The van der Waals surface area contributed by atoms with Crippen LogP contribution in [0, 0.1) is 10.1 Å². The number of benzene rings is 2. The van der Waals surface area contributed by atoms with Crippen LogP contribution < -0.4 is 0 Å². The highest BCUT2D eigenvalue weighted by Gasteiger charge is 2.14. The van der Waals surface area contributed by atoms with Crippen LogP contribution in [0.2, 0.25) is 0 Å². The molecule has 0 aliphatic rings. The minimum absolute atomic E-state index is 0.0482. The number of nitrogens with zero attached hydrogens (tertiary/aromatic N) is 5. The summed E-state index contributed by atoms with van der Waals surface area (Å²) in [5.41, 5.74) is 2.80. The topological polar surface area (TPSA) is 104 Å². The van der Waals surface area contributed by atoms with Crippen molar-refractivity contribution in [2.75, 3.05) is 5.75 Å². The van der Waals surface area contributed by atoms with Gasteiger partial charge in [-0.25, -0.2) is 4.98 Å². The van der Waals surface area contributed by atoms with Gasteiger partial charge in [0.25, 0.3) is 5.69 Å². The van der Waals surface area contributed by atoms with Gasteiger partial charge in [0.2, 0.25) is 5.16 Å². The highest BCUT2D eigenvalue weighted by molar-refractivity contribution is 7.99. The second-order valence-electron chi connectivity index (χ2n) is 5.86. The fourth-order valence-electron chi connectivity index (χ4n) is 2.84. The molecule has 2 aromatic heterocycles. The number of ketones is 1. The molecule has 8 nitrogen and oxygen atoms in total. The molecule has 0 bridgehead atoms. The predicted octanol–water partition coefficient (Wildman–Crippen LogP) is 3.40. The van der Waals surface area contributed by atoms with Crippen molar-refractivity contribution in [2.45, 2.75) is 5.16 Å². The number of non-ortho nitro benzene ring substituents is 1. The number of hydrogen-bond donors (Lipinski definition) is 0. The van der Waals surface area contributed by atoms with Crippen LogP contribution in [0.1, 0.15) is 10.4 Å². The van der Waals surface area contributed by atoms with Crippen LogP contribution in [0.3, 0.4) is 0 Å². The smallest absolute Gasteiger partial charge is 0.269 e. The third-order valence-electron chi connectivity index (χ3n) is 4.22. The lowest BCUT2D eigenvalue weighted by Gasteiger charge is -2.01. The highest BCUT2D eigenvalue weighted by Crippen LogP contribution is 2.26. The van der Waals surface area contributed by atoms with Crippen LogP contribution in [0.15, 0.2) is 53.7 Å². The van der Waals surface area contributed by atoms with E-state index in [1.807, 2.05) is 35.9 Å². The van der Waals surface area contributed by atoms with Gasteiger partial charge < -0.3 is 4.57 Å². The molecule has 4 rings (SSSR count).